The molecule has 2 saturated heterocycles. The quantitative estimate of drug-likeness (QED) is 0.492. The van der Waals surface area contributed by atoms with E-state index < -0.39 is 0 Å². The summed E-state index contributed by atoms with van der Waals surface area (Å²) in [5.41, 5.74) is -0.109. The van der Waals surface area contributed by atoms with E-state index in [0.717, 1.165) is 32.1 Å². The zero-order chi connectivity index (χ0) is 19.7. The molecule has 2 rings (SSSR count). The number of carbonyl (C=O) groups excluding carboxylic acids is 2. The van der Waals surface area contributed by atoms with Crippen LogP contribution in [-0.4, -0.2) is 62.8 Å². The molecule has 2 heterocycles. The second-order valence-corrected chi connectivity index (χ2v) is 8.00. The van der Waals surface area contributed by atoms with Gasteiger partial charge < -0.3 is 19.7 Å². The lowest BCUT2D eigenvalue weighted by Crippen LogP contribution is -2.52. The molecular weight excluding hydrogens is 344 g/mol. The van der Waals surface area contributed by atoms with Crippen LogP contribution in [0.15, 0.2) is 0 Å². The Morgan fingerprint density at radius 3 is 2.67 bits per heavy atom. The molecule has 1 N–H and O–H groups in total. The van der Waals surface area contributed by atoms with Crippen LogP contribution in [0.2, 0.25) is 0 Å². The summed E-state index contributed by atoms with van der Waals surface area (Å²) in [4.78, 5) is 26.7. The van der Waals surface area contributed by atoms with Crippen LogP contribution < -0.4 is 5.32 Å². The van der Waals surface area contributed by atoms with Crippen molar-refractivity contribution in [3.63, 3.8) is 0 Å². The highest BCUT2D eigenvalue weighted by molar-refractivity contribution is 5.81. The zero-order valence-electron chi connectivity index (χ0n) is 16.8. The van der Waals surface area contributed by atoms with Crippen LogP contribution in [0.5, 0.6) is 0 Å². The number of carbonyl (C=O) groups is 2. The molecule has 0 saturated carbocycles. The van der Waals surface area contributed by atoms with Crippen LogP contribution in [0, 0.1) is 23.7 Å². The van der Waals surface area contributed by atoms with Crippen molar-refractivity contribution in [3.8, 4) is 12.3 Å². The van der Waals surface area contributed by atoms with Gasteiger partial charge in [-0.05, 0) is 38.0 Å². The van der Waals surface area contributed by atoms with Gasteiger partial charge in [-0.3, -0.25) is 9.59 Å². The fraction of sp³-hybridized carbons (Fsp3) is 0.810. The lowest BCUT2D eigenvalue weighted by molar-refractivity contribution is -0.145. The predicted octanol–water partition coefficient (Wildman–Crippen LogP) is 1.98. The van der Waals surface area contributed by atoms with E-state index in [9.17, 15) is 9.59 Å². The molecule has 0 aromatic heterocycles. The van der Waals surface area contributed by atoms with Crippen molar-refractivity contribution < 1.29 is 19.1 Å². The molecule has 2 aliphatic heterocycles. The van der Waals surface area contributed by atoms with E-state index >= 15 is 0 Å². The summed E-state index contributed by atoms with van der Waals surface area (Å²) in [6.45, 7) is 5.30. The van der Waals surface area contributed by atoms with E-state index in [4.69, 9.17) is 15.9 Å². The molecule has 0 radical (unpaired) electrons. The Morgan fingerprint density at radius 1 is 1.33 bits per heavy atom. The largest absolute Gasteiger partial charge is 0.384 e. The smallest absolute Gasteiger partial charge is 0.251 e. The number of methoxy groups -OCH3 is 1. The molecule has 152 valence electrons. The highest BCUT2D eigenvalue weighted by atomic mass is 16.5. The van der Waals surface area contributed by atoms with Crippen molar-refractivity contribution in [1.29, 1.82) is 0 Å². The number of terminal acetylenes is 1. The highest BCUT2D eigenvalue weighted by Gasteiger charge is 2.40. The Morgan fingerprint density at radius 2 is 2.07 bits per heavy atom. The van der Waals surface area contributed by atoms with E-state index in [0.29, 0.717) is 45.7 Å². The minimum Gasteiger partial charge on any atom is -0.384 e. The predicted molar refractivity (Wildman–Crippen MR) is 104 cm³/mol. The van der Waals surface area contributed by atoms with E-state index in [2.05, 4.69) is 18.2 Å². The fourth-order valence-electron chi connectivity index (χ4n) is 3.96. The Bertz CT molecular complexity index is 535. The lowest BCUT2D eigenvalue weighted by Gasteiger charge is -2.42. The highest BCUT2D eigenvalue weighted by Crippen LogP contribution is 2.33. The summed E-state index contributed by atoms with van der Waals surface area (Å²) in [6, 6.07) is 0. The van der Waals surface area contributed by atoms with Crippen molar-refractivity contribution in [1.82, 2.24) is 10.2 Å². The molecule has 0 unspecified atom stereocenters. The number of rotatable bonds is 9. The molecule has 0 aromatic rings. The van der Waals surface area contributed by atoms with Gasteiger partial charge in [-0.25, -0.2) is 0 Å². The van der Waals surface area contributed by atoms with E-state index in [1.165, 1.54) is 0 Å². The van der Waals surface area contributed by atoms with Gasteiger partial charge in [0.15, 0.2) is 0 Å². The Balaban J connectivity index is 1.81. The van der Waals surface area contributed by atoms with Crippen LogP contribution in [0.1, 0.15) is 51.9 Å². The number of piperidine rings is 1. The van der Waals surface area contributed by atoms with Gasteiger partial charge in [0, 0.05) is 51.6 Å². The average Bonchev–Trinajstić information content (AvgIpc) is 3.10. The SMILES string of the molecule is C#CCCCCC(=O)NCC1(COC)CCN(C(=O)[C@@H]2OCC[C@@H]2C)CC1. The van der Waals surface area contributed by atoms with Crippen molar-refractivity contribution in [2.45, 2.75) is 58.0 Å². The van der Waals surface area contributed by atoms with E-state index in [1.54, 1.807) is 7.11 Å². The van der Waals surface area contributed by atoms with Crippen LogP contribution in [0.4, 0.5) is 0 Å². The first-order valence-corrected chi connectivity index (χ1v) is 10.1. The molecule has 2 amide bonds. The first-order valence-electron chi connectivity index (χ1n) is 10.1. The molecule has 2 fully saturated rings. The number of hydrogen-bond donors (Lipinski definition) is 1. The van der Waals surface area contributed by atoms with Gasteiger partial charge in [-0.1, -0.05) is 6.92 Å². The third-order valence-corrected chi connectivity index (χ3v) is 5.85. The molecule has 6 heteroatoms. The van der Waals surface area contributed by atoms with Crippen molar-refractivity contribution >= 4 is 11.8 Å². The summed E-state index contributed by atoms with van der Waals surface area (Å²) >= 11 is 0. The van der Waals surface area contributed by atoms with E-state index in [-0.39, 0.29) is 29.3 Å². The average molecular weight is 379 g/mol. The molecule has 0 aliphatic carbocycles. The Kier molecular flexibility index (Phi) is 8.59. The number of nitrogens with one attached hydrogen (secondary N) is 1. The standard InChI is InChI=1S/C21H34N2O4/c1-4-5-6-7-8-18(24)22-15-21(16-26-3)10-12-23(13-11-21)20(25)19-17(2)9-14-27-19/h1,17,19H,5-16H2,2-3H3,(H,22,24)/t17-,19+/m0/s1. The monoisotopic (exact) mass is 378 g/mol. The van der Waals surface area contributed by atoms with Gasteiger partial charge in [0.25, 0.3) is 5.91 Å². The summed E-state index contributed by atoms with van der Waals surface area (Å²) in [7, 11) is 1.69. The van der Waals surface area contributed by atoms with Gasteiger partial charge in [-0.2, -0.15) is 0 Å². The minimum atomic E-state index is -0.289. The number of ether oxygens (including phenoxy) is 2. The third kappa shape index (κ3) is 6.22. The second-order valence-electron chi connectivity index (χ2n) is 8.00. The number of nitrogens with zero attached hydrogens (tertiary/aromatic N) is 1. The first kappa shape index (κ1) is 21.7. The molecule has 0 bridgehead atoms. The fourth-order valence-corrected chi connectivity index (χ4v) is 3.96. The topological polar surface area (TPSA) is 67.9 Å². The second kappa shape index (κ2) is 10.7. The normalized spacial score (nSPS) is 24.4. The van der Waals surface area contributed by atoms with Gasteiger partial charge >= 0.3 is 0 Å². The Hall–Kier alpha value is -1.58. The molecule has 6 nitrogen and oxygen atoms in total. The van der Waals surface area contributed by atoms with Crippen molar-refractivity contribution in [2.24, 2.45) is 11.3 Å². The van der Waals surface area contributed by atoms with Crippen molar-refractivity contribution in [2.75, 3.05) is 40.0 Å². The van der Waals surface area contributed by atoms with Crippen molar-refractivity contribution in [3.05, 3.63) is 0 Å². The van der Waals surface area contributed by atoms with Crippen LogP contribution in [0.3, 0.4) is 0 Å². The minimum absolute atomic E-state index is 0.0641. The van der Waals surface area contributed by atoms with Gasteiger partial charge in [0.2, 0.25) is 5.91 Å². The maximum absolute atomic E-state index is 12.7. The number of hydrogen-bond acceptors (Lipinski definition) is 4. The van der Waals surface area contributed by atoms with Gasteiger partial charge in [-0.15, -0.1) is 12.3 Å². The van der Waals surface area contributed by atoms with E-state index in [1.807, 2.05) is 4.90 Å². The Labute approximate surface area is 163 Å². The number of unbranched alkanes of at least 4 members (excludes halogenated alkanes) is 2. The van der Waals surface area contributed by atoms with Crippen LogP contribution in [-0.2, 0) is 19.1 Å². The maximum Gasteiger partial charge on any atom is 0.251 e. The van der Waals surface area contributed by atoms with Gasteiger partial charge in [0.05, 0.1) is 6.61 Å². The first-order chi connectivity index (χ1) is 13.0. The molecule has 0 spiro atoms. The summed E-state index contributed by atoms with van der Waals surface area (Å²) in [5, 5.41) is 3.06. The van der Waals surface area contributed by atoms with Crippen LogP contribution in [0.25, 0.3) is 0 Å². The zero-order valence-corrected chi connectivity index (χ0v) is 16.8. The molecule has 27 heavy (non-hydrogen) atoms. The lowest BCUT2D eigenvalue weighted by atomic mass is 9.78. The summed E-state index contributed by atoms with van der Waals surface area (Å²) in [5.74, 6) is 3.06. The van der Waals surface area contributed by atoms with Crippen LogP contribution >= 0.6 is 0 Å². The maximum atomic E-state index is 12.7. The summed E-state index contributed by atoms with van der Waals surface area (Å²) in [6.07, 6.45) is 10.5. The molecular formula is C21H34N2O4. The molecule has 2 atom stereocenters. The van der Waals surface area contributed by atoms with Gasteiger partial charge in [0.1, 0.15) is 6.10 Å². The number of amides is 2. The molecule has 0 aromatic carbocycles. The summed E-state index contributed by atoms with van der Waals surface area (Å²) < 4.78 is 11.1. The third-order valence-electron chi connectivity index (χ3n) is 5.85. The number of likely N-dealkylation sites (tertiary alicyclic amines) is 1. The molecule has 2 aliphatic rings.